The molecule has 0 spiro atoms. The first-order chi connectivity index (χ1) is 11.7. The zero-order chi connectivity index (χ0) is 16.3. The summed E-state index contributed by atoms with van der Waals surface area (Å²) in [5, 5.41) is 4.67. The van der Waals surface area contributed by atoms with Crippen LogP contribution >= 0.6 is 0 Å². The number of aromatic nitrogens is 5. The standard InChI is InChI=1S/C18H22N6/c1-3-22-11-19-8-14(22)10-23-13-4-5-16(23)15-9-20-18-6-12(2)21-24(18)17(15)7-13/h6,8-9,11,13,16H,3-5,7,10H2,1-2H3/t13-,16-/m0/s1. The van der Waals surface area contributed by atoms with Crippen molar-refractivity contribution < 1.29 is 0 Å². The second-order valence-electron chi connectivity index (χ2n) is 7.01. The SMILES string of the molecule is CCn1cncc1CN1[C@H]2CC[C@H]1c1cnc3cc(C)nn3c1C2. The Bertz CT molecular complexity index is 908. The lowest BCUT2D eigenvalue weighted by Crippen LogP contribution is -2.38. The average Bonchev–Trinajstić information content (AvgIpc) is 3.25. The summed E-state index contributed by atoms with van der Waals surface area (Å²) in [6, 6.07) is 3.12. The lowest BCUT2D eigenvalue weighted by atomic mass is 9.99. The third kappa shape index (κ3) is 1.95. The summed E-state index contributed by atoms with van der Waals surface area (Å²) >= 11 is 0. The van der Waals surface area contributed by atoms with Crippen LogP contribution in [0.15, 0.2) is 24.8 Å². The first kappa shape index (κ1) is 14.2. The van der Waals surface area contributed by atoms with Gasteiger partial charge in [-0.15, -0.1) is 0 Å². The van der Waals surface area contributed by atoms with E-state index in [9.17, 15) is 0 Å². The van der Waals surface area contributed by atoms with Gasteiger partial charge in [-0.3, -0.25) is 4.90 Å². The van der Waals surface area contributed by atoms with Crippen LogP contribution in [0.4, 0.5) is 0 Å². The highest BCUT2D eigenvalue weighted by Gasteiger charge is 2.41. The van der Waals surface area contributed by atoms with Crippen LogP contribution in [0.5, 0.6) is 0 Å². The van der Waals surface area contributed by atoms with Crippen molar-refractivity contribution in [1.29, 1.82) is 0 Å². The summed E-state index contributed by atoms with van der Waals surface area (Å²) in [6.07, 6.45) is 9.56. The Morgan fingerprint density at radius 2 is 2.17 bits per heavy atom. The Kier molecular flexibility index (Phi) is 3.03. The van der Waals surface area contributed by atoms with Gasteiger partial charge in [0.2, 0.25) is 0 Å². The molecular formula is C18H22N6. The fourth-order valence-corrected chi connectivity index (χ4v) is 4.50. The molecule has 0 amide bonds. The molecule has 3 aromatic heterocycles. The molecule has 3 aromatic rings. The van der Waals surface area contributed by atoms with E-state index in [-0.39, 0.29) is 0 Å². The van der Waals surface area contributed by atoms with Crippen LogP contribution in [0.1, 0.15) is 48.5 Å². The summed E-state index contributed by atoms with van der Waals surface area (Å²) in [5.41, 5.74) is 6.05. The van der Waals surface area contributed by atoms with Gasteiger partial charge in [-0.1, -0.05) is 0 Å². The molecule has 6 nitrogen and oxygen atoms in total. The van der Waals surface area contributed by atoms with Crippen molar-refractivity contribution in [3.8, 4) is 0 Å². The van der Waals surface area contributed by atoms with Gasteiger partial charge < -0.3 is 4.57 Å². The van der Waals surface area contributed by atoms with Crippen molar-refractivity contribution in [2.24, 2.45) is 0 Å². The van der Waals surface area contributed by atoms with E-state index in [0.29, 0.717) is 12.1 Å². The monoisotopic (exact) mass is 322 g/mol. The number of imidazole rings is 1. The van der Waals surface area contributed by atoms with Crippen LogP contribution in [0.3, 0.4) is 0 Å². The molecule has 0 radical (unpaired) electrons. The van der Waals surface area contributed by atoms with E-state index < -0.39 is 0 Å². The van der Waals surface area contributed by atoms with E-state index in [1.165, 1.54) is 29.8 Å². The predicted molar refractivity (Wildman–Crippen MR) is 90.6 cm³/mol. The van der Waals surface area contributed by atoms with Gasteiger partial charge in [-0.25, -0.2) is 14.5 Å². The van der Waals surface area contributed by atoms with Crippen LogP contribution in [-0.4, -0.2) is 35.1 Å². The van der Waals surface area contributed by atoms with Gasteiger partial charge in [-0.2, -0.15) is 5.10 Å². The van der Waals surface area contributed by atoms with Gasteiger partial charge in [0.05, 0.1) is 23.4 Å². The molecule has 2 aliphatic rings. The quantitative estimate of drug-likeness (QED) is 0.743. The molecular weight excluding hydrogens is 300 g/mol. The molecule has 0 unspecified atom stereocenters. The second-order valence-corrected chi connectivity index (χ2v) is 7.01. The van der Waals surface area contributed by atoms with Crippen molar-refractivity contribution in [2.75, 3.05) is 0 Å². The average molecular weight is 322 g/mol. The van der Waals surface area contributed by atoms with E-state index in [1.807, 2.05) is 19.4 Å². The van der Waals surface area contributed by atoms with Gasteiger partial charge in [0.25, 0.3) is 0 Å². The fourth-order valence-electron chi connectivity index (χ4n) is 4.50. The highest BCUT2D eigenvalue weighted by atomic mass is 15.3. The van der Waals surface area contributed by atoms with E-state index in [2.05, 4.69) is 48.2 Å². The van der Waals surface area contributed by atoms with Gasteiger partial charge >= 0.3 is 0 Å². The van der Waals surface area contributed by atoms with Gasteiger partial charge in [0.1, 0.15) is 0 Å². The highest BCUT2D eigenvalue weighted by Crippen LogP contribution is 2.44. The molecule has 1 fully saturated rings. The molecule has 5 heterocycles. The van der Waals surface area contributed by atoms with E-state index in [0.717, 1.165) is 30.9 Å². The Balaban J connectivity index is 1.54. The van der Waals surface area contributed by atoms with Crippen molar-refractivity contribution in [3.05, 3.63) is 47.4 Å². The van der Waals surface area contributed by atoms with Gasteiger partial charge in [0, 0.05) is 55.6 Å². The van der Waals surface area contributed by atoms with Crippen LogP contribution < -0.4 is 0 Å². The Morgan fingerprint density at radius 3 is 3.04 bits per heavy atom. The molecule has 2 aliphatic heterocycles. The zero-order valence-corrected chi connectivity index (χ0v) is 14.2. The lowest BCUT2D eigenvalue weighted by Gasteiger charge is -2.36. The highest BCUT2D eigenvalue weighted by molar-refractivity contribution is 5.44. The number of hydrogen-bond acceptors (Lipinski definition) is 4. The molecule has 1 saturated heterocycles. The molecule has 5 rings (SSSR count). The van der Waals surface area contributed by atoms with E-state index in [4.69, 9.17) is 0 Å². The molecule has 2 atom stereocenters. The maximum atomic E-state index is 4.67. The summed E-state index contributed by atoms with van der Waals surface area (Å²) in [7, 11) is 0. The first-order valence-electron chi connectivity index (χ1n) is 8.83. The van der Waals surface area contributed by atoms with Crippen molar-refractivity contribution >= 4 is 5.65 Å². The van der Waals surface area contributed by atoms with Gasteiger partial charge in [-0.05, 0) is 26.7 Å². The minimum absolute atomic E-state index is 0.459. The van der Waals surface area contributed by atoms with Crippen molar-refractivity contribution in [2.45, 2.75) is 58.3 Å². The summed E-state index contributed by atoms with van der Waals surface area (Å²) in [5.74, 6) is 0. The second kappa shape index (κ2) is 5.14. The van der Waals surface area contributed by atoms with E-state index in [1.54, 1.807) is 0 Å². The number of rotatable bonds is 3. The van der Waals surface area contributed by atoms with Crippen LogP contribution in [0.2, 0.25) is 0 Å². The predicted octanol–water partition coefficient (Wildman–Crippen LogP) is 2.52. The normalized spacial score (nSPS) is 23.1. The molecule has 0 saturated carbocycles. The molecule has 0 aromatic carbocycles. The largest absolute Gasteiger partial charge is 0.334 e. The third-order valence-corrected chi connectivity index (χ3v) is 5.65. The first-order valence-corrected chi connectivity index (χ1v) is 8.83. The topological polar surface area (TPSA) is 51.2 Å². The summed E-state index contributed by atoms with van der Waals surface area (Å²) in [4.78, 5) is 11.6. The van der Waals surface area contributed by atoms with Crippen molar-refractivity contribution in [1.82, 2.24) is 29.0 Å². The van der Waals surface area contributed by atoms with Crippen LogP contribution in [0.25, 0.3) is 5.65 Å². The maximum absolute atomic E-state index is 4.67. The molecule has 2 bridgehead atoms. The van der Waals surface area contributed by atoms with Crippen LogP contribution in [-0.2, 0) is 19.5 Å². The Morgan fingerprint density at radius 1 is 1.25 bits per heavy atom. The Labute approximate surface area is 141 Å². The number of aryl methyl sites for hydroxylation is 2. The molecule has 6 heteroatoms. The third-order valence-electron chi connectivity index (χ3n) is 5.65. The number of fused-ring (bicyclic) bond motifs is 6. The molecule has 124 valence electrons. The van der Waals surface area contributed by atoms with E-state index >= 15 is 0 Å². The number of nitrogens with zero attached hydrogens (tertiary/aromatic N) is 6. The fraction of sp³-hybridized carbons (Fsp3) is 0.500. The van der Waals surface area contributed by atoms with Crippen LogP contribution in [0, 0.1) is 6.92 Å². The minimum atomic E-state index is 0.459. The van der Waals surface area contributed by atoms with Crippen molar-refractivity contribution in [3.63, 3.8) is 0 Å². The van der Waals surface area contributed by atoms with Gasteiger partial charge in [0.15, 0.2) is 5.65 Å². The summed E-state index contributed by atoms with van der Waals surface area (Å²) < 4.78 is 4.32. The molecule has 0 N–H and O–H groups in total. The minimum Gasteiger partial charge on any atom is -0.334 e. The Hall–Kier alpha value is -2.21. The maximum Gasteiger partial charge on any atom is 0.155 e. The lowest BCUT2D eigenvalue weighted by molar-refractivity contribution is 0.161. The summed E-state index contributed by atoms with van der Waals surface area (Å²) in [6.45, 7) is 6.16. The smallest absolute Gasteiger partial charge is 0.155 e. The zero-order valence-electron chi connectivity index (χ0n) is 14.2. The molecule has 0 aliphatic carbocycles. The number of hydrogen-bond donors (Lipinski definition) is 0. The molecule has 24 heavy (non-hydrogen) atoms.